The van der Waals surface area contributed by atoms with E-state index in [4.69, 9.17) is 4.74 Å². The Hall–Kier alpha value is -2.14. The van der Waals surface area contributed by atoms with Gasteiger partial charge in [0.15, 0.2) is 0 Å². The molecule has 1 aromatic carbocycles. The molecule has 5 nitrogen and oxygen atoms in total. The van der Waals surface area contributed by atoms with Crippen LogP contribution in [0.1, 0.15) is 12.8 Å². The average molecular weight is 283 g/mol. The highest BCUT2D eigenvalue weighted by atomic mass is 16.6. The maximum Gasteiger partial charge on any atom is 0.415 e. The van der Waals surface area contributed by atoms with Crippen molar-refractivity contribution in [3.05, 3.63) is 36.5 Å². The predicted octanol–water partition coefficient (Wildman–Crippen LogP) is 2.17. The van der Waals surface area contributed by atoms with Crippen LogP contribution in [-0.2, 0) is 0 Å². The molecule has 2 saturated heterocycles. The third-order valence-corrected chi connectivity index (χ3v) is 4.40. The lowest BCUT2D eigenvalue weighted by atomic mass is 10.2. The molecule has 2 bridgehead atoms. The predicted molar refractivity (Wildman–Crippen MR) is 79.3 cm³/mol. The molecule has 2 aliphatic heterocycles. The molecule has 2 fully saturated rings. The quantitative estimate of drug-likeness (QED) is 0.871. The van der Waals surface area contributed by atoms with Crippen LogP contribution in [0.5, 0.6) is 5.75 Å². The number of amides is 1. The van der Waals surface area contributed by atoms with E-state index in [2.05, 4.69) is 10.3 Å². The van der Waals surface area contributed by atoms with Gasteiger partial charge in [0.05, 0.1) is 5.52 Å². The van der Waals surface area contributed by atoms with Crippen LogP contribution >= 0.6 is 0 Å². The molecule has 1 N–H and O–H groups in total. The molecular weight excluding hydrogens is 266 g/mol. The van der Waals surface area contributed by atoms with E-state index in [1.54, 1.807) is 12.3 Å². The highest BCUT2D eigenvalue weighted by molar-refractivity contribution is 5.87. The zero-order chi connectivity index (χ0) is 14.2. The number of benzene rings is 1. The fourth-order valence-electron chi connectivity index (χ4n) is 3.38. The second-order valence-electron chi connectivity index (χ2n) is 5.64. The Morgan fingerprint density at radius 2 is 1.95 bits per heavy atom. The Kier molecular flexibility index (Phi) is 3.00. The van der Waals surface area contributed by atoms with Crippen LogP contribution in [0.2, 0.25) is 0 Å². The molecular formula is C16H17N3O2. The molecule has 2 aromatic rings. The SMILES string of the molecule is O=C(Oc1ccnc2ccccc12)N1C2CCC1CNC2. The highest BCUT2D eigenvalue weighted by Gasteiger charge is 2.40. The molecule has 4 rings (SSSR count). The maximum absolute atomic E-state index is 12.5. The summed E-state index contributed by atoms with van der Waals surface area (Å²) >= 11 is 0. The van der Waals surface area contributed by atoms with E-state index in [0.29, 0.717) is 5.75 Å². The lowest BCUT2D eigenvalue weighted by molar-refractivity contribution is 0.115. The molecule has 21 heavy (non-hydrogen) atoms. The first kappa shape index (κ1) is 12.6. The summed E-state index contributed by atoms with van der Waals surface area (Å²) in [6, 6.07) is 9.99. The molecule has 1 amide bonds. The Morgan fingerprint density at radius 1 is 1.19 bits per heavy atom. The van der Waals surface area contributed by atoms with Gasteiger partial charge >= 0.3 is 6.09 Å². The highest BCUT2D eigenvalue weighted by Crippen LogP contribution is 2.29. The van der Waals surface area contributed by atoms with Crippen LogP contribution in [0.25, 0.3) is 10.9 Å². The van der Waals surface area contributed by atoms with Crippen molar-refractivity contribution in [3.63, 3.8) is 0 Å². The lowest BCUT2D eigenvalue weighted by Crippen LogP contribution is -2.54. The minimum Gasteiger partial charge on any atom is -0.409 e. The van der Waals surface area contributed by atoms with E-state index in [9.17, 15) is 4.79 Å². The summed E-state index contributed by atoms with van der Waals surface area (Å²) in [6.45, 7) is 1.73. The molecule has 0 spiro atoms. The molecule has 2 unspecified atom stereocenters. The Labute approximate surface area is 122 Å². The van der Waals surface area contributed by atoms with Gasteiger partial charge in [-0.05, 0) is 31.0 Å². The number of nitrogens with zero attached hydrogens (tertiary/aromatic N) is 2. The van der Waals surface area contributed by atoms with E-state index in [0.717, 1.165) is 36.8 Å². The zero-order valence-electron chi connectivity index (χ0n) is 11.7. The number of hydrogen-bond acceptors (Lipinski definition) is 4. The summed E-state index contributed by atoms with van der Waals surface area (Å²) in [5.41, 5.74) is 0.839. The Bertz CT molecular complexity index is 667. The smallest absolute Gasteiger partial charge is 0.409 e. The molecule has 108 valence electrons. The number of ether oxygens (including phenoxy) is 1. The monoisotopic (exact) mass is 283 g/mol. The molecule has 0 saturated carbocycles. The Morgan fingerprint density at radius 3 is 2.76 bits per heavy atom. The Balaban J connectivity index is 1.61. The second kappa shape index (κ2) is 5.00. The van der Waals surface area contributed by atoms with E-state index in [-0.39, 0.29) is 18.2 Å². The largest absolute Gasteiger partial charge is 0.415 e. The van der Waals surface area contributed by atoms with Gasteiger partial charge in [-0.3, -0.25) is 9.88 Å². The molecule has 2 aliphatic rings. The average Bonchev–Trinajstić information content (AvgIpc) is 2.77. The number of para-hydroxylation sites is 1. The van der Waals surface area contributed by atoms with Gasteiger partial charge in [0, 0.05) is 36.8 Å². The van der Waals surface area contributed by atoms with E-state index < -0.39 is 0 Å². The van der Waals surface area contributed by atoms with Crippen LogP contribution in [0.15, 0.2) is 36.5 Å². The number of carbonyl (C=O) groups is 1. The van der Waals surface area contributed by atoms with Gasteiger partial charge in [0.1, 0.15) is 5.75 Å². The maximum atomic E-state index is 12.5. The molecule has 0 radical (unpaired) electrons. The van der Waals surface area contributed by atoms with Gasteiger partial charge in [-0.15, -0.1) is 0 Å². The van der Waals surface area contributed by atoms with Gasteiger partial charge in [0.25, 0.3) is 0 Å². The minimum absolute atomic E-state index is 0.236. The van der Waals surface area contributed by atoms with E-state index in [1.807, 2.05) is 29.2 Å². The third kappa shape index (κ3) is 2.14. The molecule has 0 aliphatic carbocycles. The fourth-order valence-corrected chi connectivity index (χ4v) is 3.38. The first-order chi connectivity index (χ1) is 10.3. The van der Waals surface area contributed by atoms with Crippen molar-refractivity contribution >= 4 is 17.0 Å². The lowest BCUT2D eigenvalue weighted by Gasteiger charge is -2.34. The van der Waals surface area contributed by atoms with Gasteiger partial charge in [-0.25, -0.2) is 4.79 Å². The summed E-state index contributed by atoms with van der Waals surface area (Å²) in [5, 5.41) is 4.24. The summed E-state index contributed by atoms with van der Waals surface area (Å²) in [6.07, 6.45) is 3.56. The number of nitrogens with one attached hydrogen (secondary N) is 1. The zero-order valence-corrected chi connectivity index (χ0v) is 11.7. The van der Waals surface area contributed by atoms with Crippen molar-refractivity contribution < 1.29 is 9.53 Å². The standard InChI is InChI=1S/C16H17N3O2/c20-16(19-11-5-6-12(19)10-17-9-11)21-15-7-8-18-14-4-2-1-3-13(14)15/h1-4,7-8,11-12,17H,5-6,9-10H2. The first-order valence-electron chi connectivity index (χ1n) is 7.37. The van der Waals surface area contributed by atoms with Gasteiger partial charge in [-0.1, -0.05) is 12.1 Å². The van der Waals surface area contributed by atoms with Crippen molar-refractivity contribution in [2.75, 3.05) is 13.1 Å². The van der Waals surface area contributed by atoms with Gasteiger partial charge in [0.2, 0.25) is 0 Å². The number of carbonyl (C=O) groups excluding carboxylic acids is 1. The molecule has 5 heteroatoms. The number of rotatable bonds is 1. The van der Waals surface area contributed by atoms with Gasteiger partial charge < -0.3 is 10.1 Å². The topological polar surface area (TPSA) is 54.5 Å². The van der Waals surface area contributed by atoms with Crippen LogP contribution in [0, 0.1) is 0 Å². The van der Waals surface area contributed by atoms with Crippen molar-refractivity contribution in [2.45, 2.75) is 24.9 Å². The number of piperazine rings is 1. The number of fused-ring (bicyclic) bond motifs is 3. The van der Waals surface area contributed by atoms with E-state index >= 15 is 0 Å². The number of pyridine rings is 1. The van der Waals surface area contributed by atoms with Crippen molar-refractivity contribution in [1.82, 2.24) is 15.2 Å². The van der Waals surface area contributed by atoms with Crippen molar-refractivity contribution in [2.24, 2.45) is 0 Å². The third-order valence-electron chi connectivity index (χ3n) is 4.40. The number of aromatic nitrogens is 1. The number of hydrogen-bond donors (Lipinski definition) is 1. The minimum atomic E-state index is -0.236. The van der Waals surface area contributed by atoms with Crippen molar-refractivity contribution in [1.29, 1.82) is 0 Å². The van der Waals surface area contributed by atoms with Crippen LogP contribution in [0.4, 0.5) is 4.79 Å². The van der Waals surface area contributed by atoms with Crippen LogP contribution < -0.4 is 10.1 Å². The molecule has 3 heterocycles. The summed E-state index contributed by atoms with van der Waals surface area (Å²) in [5.74, 6) is 0.587. The molecule has 2 atom stereocenters. The summed E-state index contributed by atoms with van der Waals surface area (Å²) in [4.78, 5) is 18.7. The second-order valence-corrected chi connectivity index (χ2v) is 5.64. The summed E-state index contributed by atoms with van der Waals surface area (Å²) < 4.78 is 5.67. The van der Waals surface area contributed by atoms with Crippen molar-refractivity contribution in [3.8, 4) is 5.75 Å². The fraction of sp³-hybridized carbons (Fsp3) is 0.375. The first-order valence-corrected chi connectivity index (χ1v) is 7.37. The van der Waals surface area contributed by atoms with Crippen LogP contribution in [0.3, 0.4) is 0 Å². The molecule has 1 aromatic heterocycles. The van der Waals surface area contributed by atoms with E-state index in [1.165, 1.54) is 0 Å². The van der Waals surface area contributed by atoms with Crippen LogP contribution in [-0.4, -0.2) is 41.2 Å². The normalized spacial score (nSPS) is 24.3. The summed E-state index contributed by atoms with van der Waals surface area (Å²) in [7, 11) is 0. The van der Waals surface area contributed by atoms with Gasteiger partial charge in [-0.2, -0.15) is 0 Å².